The summed E-state index contributed by atoms with van der Waals surface area (Å²) in [6.45, 7) is 1.90. The molecular weight excluding hydrogens is 352 g/mol. The number of esters is 1. The highest BCUT2D eigenvalue weighted by atomic mass is 32.2. The molecule has 6 nitrogen and oxygen atoms in total. The number of ether oxygens (including phenoxy) is 2. The van der Waals surface area contributed by atoms with Gasteiger partial charge >= 0.3 is 5.97 Å². The standard InChI is InChI=1S/C19H18N2O4S/c1-12-4-6-13(7-5-12)18-20-17(25-21-18)11-24-19(22)15-9-8-14(26-3)10-16(15)23-2/h4-10H,11H2,1-3H3. The van der Waals surface area contributed by atoms with E-state index in [1.807, 2.05) is 43.5 Å². The Balaban J connectivity index is 1.68. The molecule has 3 aromatic rings. The fraction of sp³-hybridized carbons (Fsp3) is 0.211. The van der Waals surface area contributed by atoms with Crippen LogP contribution in [-0.2, 0) is 11.3 Å². The molecule has 0 spiro atoms. The predicted octanol–water partition coefficient (Wildman–Crippen LogP) is 4.13. The third-order valence-electron chi connectivity index (χ3n) is 3.73. The van der Waals surface area contributed by atoms with Crippen molar-refractivity contribution in [1.29, 1.82) is 0 Å². The summed E-state index contributed by atoms with van der Waals surface area (Å²) in [7, 11) is 1.52. The summed E-state index contributed by atoms with van der Waals surface area (Å²) >= 11 is 1.57. The molecular formula is C19H18N2O4S. The van der Waals surface area contributed by atoms with Crippen molar-refractivity contribution in [1.82, 2.24) is 10.1 Å². The Hall–Kier alpha value is -2.80. The maximum absolute atomic E-state index is 12.3. The molecule has 0 radical (unpaired) electrons. The Morgan fingerprint density at radius 3 is 2.65 bits per heavy atom. The van der Waals surface area contributed by atoms with Gasteiger partial charge in [-0.2, -0.15) is 4.98 Å². The molecule has 26 heavy (non-hydrogen) atoms. The summed E-state index contributed by atoms with van der Waals surface area (Å²) in [5.41, 5.74) is 2.34. The zero-order chi connectivity index (χ0) is 18.5. The van der Waals surface area contributed by atoms with Crippen LogP contribution in [0.3, 0.4) is 0 Å². The molecule has 0 N–H and O–H groups in total. The largest absolute Gasteiger partial charge is 0.496 e. The van der Waals surface area contributed by atoms with Gasteiger partial charge in [-0.05, 0) is 31.4 Å². The third kappa shape index (κ3) is 4.05. The maximum Gasteiger partial charge on any atom is 0.342 e. The highest BCUT2D eigenvalue weighted by Gasteiger charge is 2.16. The second-order valence-electron chi connectivity index (χ2n) is 5.52. The van der Waals surface area contributed by atoms with E-state index in [0.29, 0.717) is 17.1 Å². The molecule has 0 aliphatic heterocycles. The van der Waals surface area contributed by atoms with E-state index < -0.39 is 5.97 Å². The van der Waals surface area contributed by atoms with E-state index in [9.17, 15) is 4.79 Å². The lowest BCUT2D eigenvalue weighted by Gasteiger charge is -2.09. The predicted molar refractivity (Wildman–Crippen MR) is 98.4 cm³/mol. The van der Waals surface area contributed by atoms with E-state index in [4.69, 9.17) is 14.0 Å². The van der Waals surface area contributed by atoms with Crippen molar-refractivity contribution in [2.75, 3.05) is 13.4 Å². The molecule has 3 rings (SSSR count). The van der Waals surface area contributed by atoms with Crippen LogP contribution in [-0.4, -0.2) is 29.5 Å². The van der Waals surface area contributed by atoms with Gasteiger partial charge in [0, 0.05) is 10.5 Å². The minimum Gasteiger partial charge on any atom is -0.496 e. The lowest BCUT2D eigenvalue weighted by molar-refractivity contribution is 0.0426. The number of hydrogen-bond donors (Lipinski definition) is 0. The third-order valence-corrected chi connectivity index (χ3v) is 4.46. The van der Waals surface area contributed by atoms with Crippen LogP contribution in [0.2, 0.25) is 0 Å². The molecule has 1 heterocycles. The van der Waals surface area contributed by atoms with E-state index in [1.54, 1.807) is 23.9 Å². The van der Waals surface area contributed by atoms with Crippen molar-refractivity contribution < 1.29 is 18.8 Å². The van der Waals surface area contributed by atoms with Gasteiger partial charge in [-0.3, -0.25) is 0 Å². The highest BCUT2D eigenvalue weighted by molar-refractivity contribution is 7.98. The number of hydrogen-bond acceptors (Lipinski definition) is 7. The van der Waals surface area contributed by atoms with Crippen molar-refractivity contribution in [3.05, 3.63) is 59.5 Å². The fourth-order valence-corrected chi connectivity index (χ4v) is 2.73. The first-order chi connectivity index (χ1) is 12.6. The van der Waals surface area contributed by atoms with E-state index in [-0.39, 0.29) is 12.5 Å². The van der Waals surface area contributed by atoms with Crippen molar-refractivity contribution in [2.45, 2.75) is 18.4 Å². The Morgan fingerprint density at radius 1 is 1.19 bits per heavy atom. The van der Waals surface area contributed by atoms with Crippen molar-refractivity contribution in [3.8, 4) is 17.1 Å². The van der Waals surface area contributed by atoms with Gasteiger partial charge in [-0.25, -0.2) is 4.79 Å². The summed E-state index contributed by atoms with van der Waals surface area (Å²) in [4.78, 5) is 17.6. The normalized spacial score (nSPS) is 10.6. The molecule has 0 aliphatic carbocycles. The summed E-state index contributed by atoms with van der Waals surface area (Å²) in [6.07, 6.45) is 1.95. The summed E-state index contributed by atoms with van der Waals surface area (Å²) in [6, 6.07) is 13.1. The number of aryl methyl sites for hydroxylation is 1. The molecule has 0 bridgehead atoms. The number of thioether (sulfide) groups is 1. The number of nitrogens with zero attached hydrogens (tertiary/aromatic N) is 2. The second-order valence-corrected chi connectivity index (χ2v) is 6.40. The smallest absolute Gasteiger partial charge is 0.342 e. The van der Waals surface area contributed by atoms with Crippen molar-refractivity contribution >= 4 is 17.7 Å². The number of carbonyl (C=O) groups excluding carboxylic acids is 1. The zero-order valence-electron chi connectivity index (χ0n) is 14.7. The molecule has 0 saturated carbocycles. The molecule has 1 aromatic heterocycles. The zero-order valence-corrected chi connectivity index (χ0v) is 15.5. The SMILES string of the molecule is COc1cc(SC)ccc1C(=O)OCc1nc(-c2ccc(C)cc2)no1. The topological polar surface area (TPSA) is 74.5 Å². The van der Waals surface area contributed by atoms with Crippen molar-refractivity contribution in [2.24, 2.45) is 0 Å². The number of rotatable bonds is 6. The van der Waals surface area contributed by atoms with Crippen LogP contribution < -0.4 is 4.74 Å². The second kappa shape index (κ2) is 8.05. The van der Waals surface area contributed by atoms with Crippen LogP contribution in [0, 0.1) is 6.92 Å². The van der Waals surface area contributed by atoms with Gasteiger partial charge in [0.25, 0.3) is 5.89 Å². The number of benzene rings is 2. The number of carbonyl (C=O) groups is 1. The molecule has 134 valence electrons. The molecule has 2 aromatic carbocycles. The van der Waals surface area contributed by atoms with E-state index >= 15 is 0 Å². The highest BCUT2D eigenvalue weighted by Crippen LogP contribution is 2.26. The number of methoxy groups -OCH3 is 1. The number of aromatic nitrogens is 2. The molecule has 0 unspecified atom stereocenters. The molecule has 0 fully saturated rings. The minimum absolute atomic E-state index is 0.106. The molecule has 0 atom stereocenters. The van der Waals surface area contributed by atoms with Crippen molar-refractivity contribution in [3.63, 3.8) is 0 Å². The summed E-state index contributed by atoms with van der Waals surface area (Å²) in [5.74, 6) is 0.642. The summed E-state index contributed by atoms with van der Waals surface area (Å²) < 4.78 is 15.7. The lowest BCUT2D eigenvalue weighted by Crippen LogP contribution is -2.07. The quantitative estimate of drug-likeness (QED) is 0.477. The minimum atomic E-state index is -0.510. The fourth-order valence-electron chi connectivity index (χ4n) is 2.31. The van der Waals surface area contributed by atoms with Crippen LogP contribution in [0.5, 0.6) is 5.75 Å². The lowest BCUT2D eigenvalue weighted by atomic mass is 10.1. The van der Waals surface area contributed by atoms with Gasteiger partial charge in [0.15, 0.2) is 6.61 Å². The van der Waals surface area contributed by atoms with Gasteiger partial charge in [0.2, 0.25) is 5.82 Å². The van der Waals surface area contributed by atoms with E-state index in [2.05, 4.69) is 10.1 Å². The first-order valence-corrected chi connectivity index (χ1v) is 9.12. The Labute approximate surface area is 155 Å². The Kier molecular flexibility index (Phi) is 5.58. The molecule has 0 saturated heterocycles. The van der Waals surface area contributed by atoms with Gasteiger partial charge in [-0.15, -0.1) is 11.8 Å². The first-order valence-electron chi connectivity index (χ1n) is 7.89. The maximum atomic E-state index is 12.3. The molecule has 0 aliphatic rings. The van der Waals surface area contributed by atoms with Gasteiger partial charge in [-0.1, -0.05) is 35.0 Å². The Morgan fingerprint density at radius 2 is 1.96 bits per heavy atom. The van der Waals surface area contributed by atoms with E-state index in [0.717, 1.165) is 16.0 Å². The monoisotopic (exact) mass is 370 g/mol. The average molecular weight is 370 g/mol. The van der Waals surface area contributed by atoms with Crippen LogP contribution in [0.25, 0.3) is 11.4 Å². The van der Waals surface area contributed by atoms with Crippen LogP contribution in [0.15, 0.2) is 51.9 Å². The average Bonchev–Trinajstić information content (AvgIpc) is 3.15. The van der Waals surface area contributed by atoms with E-state index in [1.165, 1.54) is 7.11 Å². The van der Waals surface area contributed by atoms with Crippen LogP contribution in [0.1, 0.15) is 21.8 Å². The van der Waals surface area contributed by atoms with Gasteiger partial charge in [0.1, 0.15) is 11.3 Å². The van der Waals surface area contributed by atoms with Gasteiger partial charge < -0.3 is 14.0 Å². The first kappa shape index (κ1) is 18.0. The molecule has 0 amide bonds. The van der Waals surface area contributed by atoms with Crippen LogP contribution in [0.4, 0.5) is 0 Å². The van der Waals surface area contributed by atoms with Crippen LogP contribution >= 0.6 is 11.8 Å². The summed E-state index contributed by atoms with van der Waals surface area (Å²) in [5, 5.41) is 3.92. The molecule has 7 heteroatoms. The van der Waals surface area contributed by atoms with Gasteiger partial charge in [0.05, 0.1) is 7.11 Å². The Bertz CT molecular complexity index is 906.